The third kappa shape index (κ3) is 1.70. The summed E-state index contributed by atoms with van der Waals surface area (Å²) in [5, 5.41) is 0. The molecule has 62 valence electrons. The summed E-state index contributed by atoms with van der Waals surface area (Å²) in [5.41, 5.74) is 2.85. The SMILES string of the molecule is CC(C)C1=C(C(C)C)N=CC1. The van der Waals surface area contributed by atoms with Crippen molar-refractivity contribution in [1.29, 1.82) is 0 Å². The van der Waals surface area contributed by atoms with Crippen LogP contribution in [-0.4, -0.2) is 6.21 Å². The van der Waals surface area contributed by atoms with E-state index in [1.165, 1.54) is 11.3 Å². The fraction of sp³-hybridized carbons (Fsp3) is 0.700. The molecule has 0 radical (unpaired) electrons. The highest BCUT2D eigenvalue weighted by Crippen LogP contribution is 2.28. The van der Waals surface area contributed by atoms with E-state index in [0.29, 0.717) is 11.8 Å². The van der Waals surface area contributed by atoms with Gasteiger partial charge < -0.3 is 0 Å². The van der Waals surface area contributed by atoms with Crippen LogP contribution < -0.4 is 0 Å². The van der Waals surface area contributed by atoms with Crippen molar-refractivity contribution in [1.82, 2.24) is 0 Å². The molecular formula is C10H17N. The molecule has 1 rings (SSSR count). The van der Waals surface area contributed by atoms with Gasteiger partial charge in [-0.15, -0.1) is 0 Å². The maximum Gasteiger partial charge on any atom is 0.0423 e. The molecule has 0 aromatic carbocycles. The second-order valence-corrected chi connectivity index (χ2v) is 3.74. The van der Waals surface area contributed by atoms with Crippen LogP contribution in [0, 0.1) is 11.8 Å². The van der Waals surface area contributed by atoms with Gasteiger partial charge in [0, 0.05) is 18.3 Å². The highest BCUT2D eigenvalue weighted by Gasteiger charge is 2.15. The predicted octanol–water partition coefficient (Wildman–Crippen LogP) is 3.03. The maximum atomic E-state index is 4.39. The Bertz CT molecular complexity index is 197. The van der Waals surface area contributed by atoms with E-state index in [2.05, 4.69) is 32.7 Å². The molecule has 1 heterocycles. The van der Waals surface area contributed by atoms with Crippen molar-refractivity contribution in [3.8, 4) is 0 Å². The van der Waals surface area contributed by atoms with Gasteiger partial charge in [-0.25, -0.2) is 0 Å². The zero-order valence-corrected chi connectivity index (χ0v) is 7.89. The molecule has 1 aliphatic rings. The maximum absolute atomic E-state index is 4.39. The first kappa shape index (κ1) is 8.51. The number of nitrogens with zero attached hydrogens (tertiary/aromatic N) is 1. The van der Waals surface area contributed by atoms with Gasteiger partial charge in [-0.2, -0.15) is 0 Å². The van der Waals surface area contributed by atoms with E-state index in [1.54, 1.807) is 0 Å². The zero-order chi connectivity index (χ0) is 8.43. The van der Waals surface area contributed by atoms with Crippen molar-refractivity contribution in [2.24, 2.45) is 16.8 Å². The molecule has 0 atom stereocenters. The molecule has 0 saturated heterocycles. The van der Waals surface area contributed by atoms with Gasteiger partial charge in [0.25, 0.3) is 0 Å². The Balaban J connectivity index is 2.84. The van der Waals surface area contributed by atoms with Gasteiger partial charge in [0.1, 0.15) is 0 Å². The third-order valence-electron chi connectivity index (χ3n) is 2.11. The molecule has 11 heavy (non-hydrogen) atoms. The minimum absolute atomic E-state index is 0.589. The highest BCUT2D eigenvalue weighted by molar-refractivity contribution is 5.67. The second-order valence-electron chi connectivity index (χ2n) is 3.74. The predicted molar refractivity (Wildman–Crippen MR) is 49.8 cm³/mol. The quantitative estimate of drug-likeness (QED) is 0.575. The molecule has 0 unspecified atom stereocenters. The van der Waals surface area contributed by atoms with Crippen LogP contribution in [0.3, 0.4) is 0 Å². The summed E-state index contributed by atoms with van der Waals surface area (Å²) in [6.45, 7) is 8.90. The second kappa shape index (κ2) is 3.21. The van der Waals surface area contributed by atoms with E-state index in [-0.39, 0.29) is 0 Å². The van der Waals surface area contributed by atoms with Crippen LogP contribution in [0.5, 0.6) is 0 Å². The summed E-state index contributed by atoms with van der Waals surface area (Å²) in [7, 11) is 0. The number of hydrogen-bond acceptors (Lipinski definition) is 1. The Hall–Kier alpha value is -0.590. The van der Waals surface area contributed by atoms with Crippen molar-refractivity contribution in [2.75, 3.05) is 0 Å². The van der Waals surface area contributed by atoms with E-state index in [9.17, 15) is 0 Å². The first-order valence-electron chi connectivity index (χ1n) is 4.38. The molecule has 0 N–H and O–H groups in total. The average Bonchev–Trinajstić information content (AvgIpc) is 2.32. The normalized spacial score (nSPS) is 17.6. The van der Waals surface area contributed by atoms with Crippen LogP contribution in [-0.2, 0) is 0 Å². The minimum atomic E-state index is 0.589. The van der Waals surface area contributed by atoms with Crippen LogP contribution in [0.2, 0.25) is 0 Å². The lowest BCUT2D eigenvalue weighted by molar-refractivity contribution is 0.688. The molecular weight excluding hydrogens is 134 g/mol. The van der Waals surface area contributed by atoms with Gasteiger partial charge in [-0.1, -0.05) is 27.7 Å². The average molecular weight is 151 g/mol. The van der Waals surface area contributed by atoms with E-state index < -0.39 is 0 Å². The van der Waals surface area contributed by atoms with Crippen molar-refractivity contribution in [2.45, 2.75) is 34.1 Å². The van der Waals surface area contributed by atoms with Gasteiger partial charge >= 0.3 is 0 Å². The lowest BCUT2D eigenvalue weighted by Gasteiger charge is -2.11. The van der Waals surface area contributed by atoms with Crippen molar-refractivity contribution < 1.29 is 0 Å². The van der Waals surface area contributed by atoms with E-state index in [4.69, 9.17) is 0 Å². The number of allylic oxidation sites excluding steroid dienone is 2. The summed E-state index contributed by atoms with van der Waals surface area (Å²) in [6, 6.07) is 0. The summed E-state index contributed by atoms with van der Waals surface area (Å²) in [6.07, 6.45) is 3.11. The molecule has 0 aliphatic carbocycles. The molecule has 0 fully saturated rings. The fourth-order valence-electron chi connectivity index (χ4n) is 1.48. The van der Waals surface area contributed by atoms with Crippen LogP contribution in [0.4, 0.5) is 0 Å². The Morgan fingerprint density at radius 1 is 1.18 bits per heavy atom. The molecule has 1 aliphatic heterocycles. The molecule has 0 aromatic heterocycles. The lowest BCUT2D eigenvalue weighted by Crippen LogP contribution is -1.98. The monoisotopic (exact) mass is 151 g/mol. The molecule has 1 nitrogen and oxygen atoms in total. The standard InChI is InChI=1S/C10H17N/c1-7(2)9-5-6-11-10(9)8(3)4/h6-8H,5H2,1-4H3. The fourth-order valence-corrected chi connectivity index (χ4v) is 1.48. The van der Waals surface area contributed by atoms with Crippen LogP contribution >= 0.6 is 0 Å². The molecule has 0 bridgehead atoms. The van der Waals surface area contributed by atoms with Crippen molar-refractivity contribution in [3.05, 3.63) is 11.3 Å². The van der Waals surface area contributed by atoms with Gasteiger partial charge in [0.05, 0.1) is 0 Å². The van der Waals surface area contributed by atoms with Crippen molar-refractivity contribution in [3.63, 3.8) is 0 Å². The summed E-state index contributed by atoms with van der Waals surface area (Å²) in [5.74, 6) is 1.25. The summed E-state index contributed by atoms with van der Waals surface area (Å²) < 4.78 is 0. The Morgan fingerprint density at radius 3 is 2.18 bits per heavy atom. The van der Waals surface area contributed by atoms with Crippen LogP contribution in [0.25, 0.3) is 0 Å². The van der Waals surface area contributed by atoms with Gasteiger partial charge in [0.2, 0.25) is 0 Å². The van der Waals surface area contributed by atoms with Crippen LogP contribution in [0.15, 0.2) is 16.3 Å². The third-order valence-corrected chi connectivity index (χ3v) is 2.11. The first-order valence-corrected chi connectivity index (χ1v) is 4.38. The number of hydrogen-bond donors (Lipinski definition) is 0. The molecule has 0 spiro atoms. The summed E-state index contributed by atoms with van der Waals surface area (Å²) >= 11 is 0. The van der Waals surface area contributed by atoms with E-state index >= 15 is 0 Å². The minimum Gasteiger partial charge on any atom is -0.265 e. The topological polar surface area (TPSA) is 12.4 Å². The molecule has 0 amide bonds. The number of aliphatic imine (C=N–C) groups is 1. The zero-order valence-electron chi connectivity index (χ0n) is 7.89. The Kier molecular flexibility index (Phi) is 2.48. The molecule has 0 saturated carbocycles. The largest absolute Gasteiger partial charge is 0.265 e. The molecule has 0 aromatic rings. The van der Waals surface area contributed by atoms with E-state index in [0.717, 1.165) is 6.42 Å². The smallest absolute Gasteiger partial charge is 0.0423 e. The molecule has 1 heteroatoms. The first-order chi connectivity index (χ1) is 5.13. The van der Waals surface area contributed by atoms with Gasteiger partial charge in [-0.05, 0) is 17.4 Å². The number of rotatable bonds is 2. The Morgan fingerprint density at radius 2 is 1.82 bits per heavy atom. The van der Waals surface area contributed by atoms with Gasteiger partial charge in [-0.3, -0.25) is 4.99 Å². The van der Waals surface area contributed by atoms with Crippen LogP contribution in [0.1, 0.15) is 34.1 Å². The highest BCUT2D eigenvalue weighted by atomic mass is 14.8. The summed E-state index contributed by atoms with van der Waals surface area (Å²) in [4.78, 5) is 4.39. The van der Waals surface area contributed by atoms with Crippen molar-refractivity contribution >= 4 is 6.21 Å². The van der Waals surface area contributed by atoms with E-state index in [1.807, 2.05) is 6.21 Å². The Labute approximate surface area is 69.2 Å². The lowest BCUT2D eigenvalue weighted by atomic mass is 9.96. The van der Waals surface area contributed by atoms with Gasteiger partial charge in [0.15, 0.2) is 0 Å².